The van der Waals surface area contributed by atoms with Crippen LogP contribution in [0.25, 0.3) is 0 Å². The summed E-state index contributed by atoms with van der Waals surface area (Å²) in [5, 5.41) is 0. The molecule has 1 atom stereocenters. The van der Waals surface area contributed by atoms with Crippen molar-refractivity contribution in [2.75, 3.05) is 33.8 Å². The number of hydrogen-bond acceptors (Lipinski definition) is 5. The van der Waals surface area contributed by atoms with Gasteiger partial charge in [0, 0.05) is 20.6 Å². The predicted molar refractivity (Wildman–Crippen MR) is 104 cm³/mol. The Morgan fingerprint density at radius 2 is 1.93 bits per heavy atom. The van der Waals surface area contributed by atoms with E-state index in [1.165, 1.54) is 37.7 Å². The largest absolute Gasteiger partial charge is 0.492 e. The van der Waals surface area contributed by atoms with E-state index in [0.717, 1.165) is 25.3 Å². The van der Waals surface area contributed by atoms with Crippen LogP contribution in [0.5, 0.6) is 5.75 Å². The van der Waals surface area contributed by atoms with E-state index in [1.54, 1.807) is 30.5 Å². The average Bonchev–Trinajstić information content (AvgIpc) is 3.08. The minimum atomic E-state index is -3.41. The van der Waals surface area contributed by atoms with Gasteiger partial charge in [-0.25, -0.2) is 12.7 Å². The SMILES string of the molecule is CN(C)S(=O)(=O)c1ccc(OCCN2CCCCCC2c2ccco2)cc1. The topological polar surface area (TPSA) is 63.0 Å². The quantitative estimate of drug-likeness (QED) is 0.721. The van der Waals surface area contributed by atoms with Crippen LogP contribution in [0.2, 0.25) is 0 Å². The molecule has 2 aromatic rings. The summed E-state index contributed by atoms with van der Waals surface area (Å²) in [5.74, 6) is 1.70. The van der Waals surface area contributed by atoms with Crippen LogP contribution in [-0.2, 0) is 10.0 Å². The number of sulfonamides is 1. The Labute approximate surface area is 161 Å². The van der Waals surface area contributed by atoms with Crippen molar-refractivity contribution < 1.29 is 17.6 Å². The maximum atomic E-state index is 12.1. The van der Waals surface area contributed by atoms with Gasteiger partial charge in [-0.1, -0.05) is 12.8 Å². The normalized spacial score (nSPS) is 19.1. The average molecular weight is 393 g/mol. The standard InChI is InChI=1S/C20H28N2O4S/c1-21(2)27(23,24)18-11-9-17(10-12-18)25-16-14-22-13-5-3-4-7-19(22)20-8-6-15-26-20/h6,8-12,15,19H,3-5,7,13-14,16H2,1-2H3. The number of rotatable bonds is 7. The van der Waals surface area contributed by atoms with Gasteiger partial charge in [-0.3, -0.25) is 4.90 Å². The number of nitrogens with zero attached hydrogens (tertiary/aromatic N) is 2. The molecule has 1 aromatic heterocycles. The number of furan rings is 1. The van der Waals surface area contributed by atoms with Crippen LogP contribution in [0.4, 0.5) is 0 Å². The Morgan fingerprint density at radius 1 is 1.15 bits per heavy atom. The molecular weight excluding hydrogens is 364 g/mol. The number of hydrogen-bond donors (Lipinski definition) is 0. The van der Waals surface area contributed by atoms with Crippen LogP contribution in [-0.4, -0.2) is 51.4 Å². The van der Waals surface area contributed by atoms with Gasteiger partial charge in [-0.15, -0.1) is 0 Å². The first-order valence-corrected chi connectivity index (χ1v) is 10.9. The fraction of sp³-hybridized carbons (Fsp3) is 0.500. The summed E-state index contributed by atoms with van der Waals surface area (Å²) in [4.78, 5) is 2.70. The maximum Gasteiger partial charge on any atom is 0.242 e. The van der Waals surface area contributed by atoms with Crippen LogP contribution < -0.4 is 4.74 Å². The summed E-state index contributed by atoms with van der Waals surface area (Å²) < 4.78 is 36.9. The van der Waals surface area contributed by atoms with Crippen LogP contribution in [0.15, 0.2) is 52.0 Å². The van der Waals surface area contributed by atoms with Gasteiger partial charge >= 0.3 is 0 Å². The zero-order valence-corrected chi connectivity index (χ0v) is 16.8. The molecule has 1 saturated heterocycles. The lowest BCUT2D eigenvalue weighted by molar-refractivity contribution is 0.146. The van der Waals surface area contributed by atoms with Crippen LogP contribution in [0.1, 0.15) is 37.5 Å². The maximum absolute atomic E-state index is 12.1. The minimum Gasteiger partial charge on any atom is -0.492 e. The van der Waals surface area contributed by atoms with Crippen molar-refractivity contribution >= 4 is 10.0 Å². The molecule has 1 aromatic carbocycles. The molecule has 1 aliphatic rings. The monoisotopic (exact) mass is 392 g/mol. The molecule has 0 spiro atoms. The van der Waals surface area contributed by atoms with Gasteiger partial charge in [0.15, 0.2) is 0 Å². The van der Waals surface area contributed by atoms with Crippen molar-refractivity contribution in [3.8, 4) is 5.75 Å². The first-order valence-electron chi connectivity index (χ1n) is 9.41. The molecule has 0 aliphatic carbocycles. The number of benzene rings is 1. The lowest BCUT2D eigenvalue weighted by Gasteiger charge is -2.28. The second kappa shape index (κ2) is 8.91. The highest BCUT2D eigenvalue weighted by atomic mass is 32.2. The molecule has 148 valence electrons. The highest BCUT2D eigenvalue weighted by Crippen LogP contribution is 2.30. The van der Waals surface area contributed by atoms with Crippen molar-refractivity contribution in [2.45, 2.75) is 36.6 Å². The smallest absolute Gasteiger partial charge is 0.242 e. The van der Waals surface area contributed by atoms with Crippen LogP contribution in [0, 0.1) is 0 Å². The van der Waals surface area contributed by atoms with E-state index >= 15 is 0 Å². The summed E-state index contributed by atoms with van der Waals surface area (Å²) in [6.07, 6.45) is 6.48. The molecule has 1 fully saturated rings. The Balaban J connectivity index is 1.58. The molecule has 27 heavy (non-hydrogen) atoms. The van der Waals surface area contributed by atoms with Gasteiger partial charge in [0.05, 0.1) is 17.2 Å². The van der Waals surface area contributed by atoms with Gasteiger partial charge in [0.25, 0.3) is 0 Å². The summed E-state index contributed by atoms with van der Waals surface area (Å²) in [5.41, 5.74) is 0. The Bertz CT molecular complexity index is 801. The molecule has 1 aliphatic heterocycles. The zero-order chi connectivity index (χ0) is 19.3. The third-order valence-corrected chi connectivity index (χ3v) is 6.81. The van der Waals surface area contributed by atoms with E-state index in [0.29, 0.717) is 18.4 Å². The molecule has 2 heterocycles. The fourth-order valence-electron chi connectivity index (χ4n) is 3.44. The predicted octanol–water partition coefficient (Wildman–Crippen LogP) is 3.53. The molecule has 6 nitrogen and oxygen atoms in total. The first kappa shape index (κ1) is 19.9. The molecule has 0 saturated carbocycles. The third-order valence-electron chi connectivity index (χ3n) is 4.98. The molecule has 7 heteroatoms. The van der Waals surface area contributed by atoms with E-state index in [-0.39, 0.29) is 4.90 Å². The molecule has 0 N–H and O–H groups in total. The molecule has 0 amide bonds. The summed E-state index contributed by atoms with van der Waals surface area (Å²) in [6, 6.07) is 10.9. The molecule has 3 rings (SSSR count). The van der Waals surface area contributed by atoms with Crippen molar-refractivity contribution in [1.82, 2.24) is 9.21 Å². The van der Waals surface area contributed by atoms with Crippen LogP contribution >= 0.6 is 0 Å². The Kier molecular flexibility index (Phi) is 6.57. The second-order valence-electron chi connectivity index (χ2n) is 7.02. The van der Waals surface area contributed by atoms with E-state index in [1.807, 2.05) is 12.1 Å². The van der Waals surface area contributed by atoms with Gasteiger partial charge in [-0.05, 0) is 55.8 Å². The molecular formula is C20H28N2O4S. The van der Waals surface area contributed by atoms with Crippen LogP contribution in [0.3, 0.4) is 0 Å². The Hall–Kier alpha value is -1.83. The van der Waals surface area contributed by atoms with Crippen molar-refractivity contribution in [2.24, 2.45) is 0 Å². The first-order chi connectivity index (χ1) is 13.0. The van der Waals surface area contributed by atoms with Gasteiger partial charge in [-0.2, -0.15) is 0 Å². The van der Waals surface area contributed by atoms with E-state index in [4.69, 9.17) is 9.15 Å². The van der Waals surface area contributed by atoms with Gasteiger partial charge in [0.2, 0.25) is 10.0 Å². The summed E-state index contributed by atoms with van der Waals surface area (Å²) in [6.45, 7) is 2.40. The van der Waals surface area contributed by atoms with Gasteiger partial charge < -0.3 is 9.15 Å². The molecule has 0 bridgehead atoms. The molecule has 1 unspecified atom stereocenters. The lowest BCUT2D eigenvalue weighted by Crippen LogP contribution is -2.32. The number of ether oxygens (including phenoxy) is 1. The van der Waals surface area contributed by atoms with E-state index in [9.17, 15) is 8.42 Å². The zero-order valence-electron chi connectivity index (χ0n) is 16.0. The fourth-order valence-corrected chi connectivity index (χ4v) is 4.34. The Morgan fingerprint density at radius 3 is 2.59 bits per heavy atom. The van der Waals surface area contributed by atoms with Crippen molar-refractivity contribution in [1.29, 1.82) is 0 Å². The number of likely N-dealkylation sites (tertiary alicyclic amines) is 1. The second-order valence-corrected chi connectivity index (χ2v) is 9.18. The third kappa shape index (κ3) is 4.91. The highest BCUT2D eigenvalue weighted by molar-refractivity contribution is 7.89. The van der Waals surface area contributed by atoms with E-state index in [2.05, 4.69) is 4.90 Å². The van der Waals surface area contributed by atoms with Crippen molar-refractivity contribution in [3.05, 3.63) is 48.4 Å². The van der Waals surface area contributed by atoms with Gasteiger partial charge in [0.1, 0.15) is 18.1 Å². The summed E-state index contributed by atoms with van der Waals surface area (Å²) in [7, 11) is -0.360. The van der Waals surface area contributed by atoms with E-state index < -0.39 is 10.0 Å². The summed E-state index contributed by atoms with van der Waals surface area (Å²) >= 11 is 0. The molecule has 0 radical (unpaired) electrons. The minimum absolute atomic E-state index is 0.269. The lowest BCUT2D eigenvalue weighted by atomic mass is 10.1. The van der Waals surface area contributed by atoms with Crippen molar-refractivity contribution in [3.63, 3.8) is 0 Å². The highest BCUT2D eigenvalue weighted by Gasteiger charge is 2.24.